The fraction of sp³-hybridized carbons (Fsp3) is 0.0909. The number of rotatable bonds is 5. The molecule has 12 heteroatoms. The third kappa shape index (κ3) is 4.27. The number of carbonyl (C=O) groups excluding carboxylic acids is 1. The molecule has 0 radical (unpaired) electrons. The molecule has 1 aliphatic rings. The maximum absolute atomic E-state index is 14.2. The van der Waals surface area contributed by atoms with E-state index in [1.165, 1.54) is 24.3 Å². The van der Waals surface area contributed by atoms with Crippen LogP contribution in [0.25, 0.3) is 0 Å². The third-order valence-corrected chi connectivity index (χ3v) is 6.79. The van der Waals surface area contributed by atoms with Crippen molar-refractivity contribution in [2.24, 2.45) is 0 Å². The number of fused-ring (bicyclic) bond motifs is 1. The average Bonchev–Trinajstić information content (AvgIpc) is 2.79. The van der Waals surface area contributed by atoms with E-state index in [0.717, 1.165) is 22.5 Å². The molecule has 2 N–H and O–H groups in total. The minimum atomic E-state index is -4.55. The van der Waals surface area contributed by atoms with Crippen LogP contribution in [0.2, 0.25) is 0 Å². The summed E-state index contributed by atoms with van der Waals surface area (Å²) in [5.41, 5.74) is -0.732. The summed E-state index contributed by atoms with van der Waals surface area (Å²) in [4.78, 5) is 22.7. The summed E-state index contributed by atoms with van der Waals surface area (Å²) in [5, 5.41) is 11.3. The summed E-state index contributed by atoms with van der Waals surface area (Å²) in [6.07, 6.45) is 0. The molecule has 3 aromatic carbocycles. The molecule has 34 heavy (non-hydrogen) atoms. The van der Waals surface area contributed by atoms with Crippen molar-refractivity contribution >= 4 is 33.3 Å². The van der Waals surface area contributed by atoms with Crippen LogP contribution in [0.4, 0.5) is 24.5 Å². The molecular formula is C22H15F3N2O6S. The molecule has 0 fully saturated rings. The molecule has 1 aliphatic heterocycles. The number of halogens is 3. The lowest BCUT2D eigenvalue weighted by atomic mass is 10.1. The van der Waals surface area contributed by atoms with Crippen molar-refractivity contribution in [2.75, 3.05) is 22.8 Å². The Labute approximate surface area is 191 Å². The van der Waals surface area contributed by atoms with Gasteiger partial charge < -0.3 is 15.2 Å². The van der Waals surface area contributed by atoms with Gasteiger partial charge >= 0.3 is 5.97 Å². The van der Waals surface area contributed by atoms with Gasteiger partial charge in [-0.3, -0.25) is 9.10 Å². The molecule has 0 aliphatic carbocycles. The van der Waals surface area contributed by atoms with Crippen molar-refractivity contribution in [2.45, 2.75) is 4.90 Å². The normalized spacial score (nSPS) is 13.1. The first-order chi connectivity index (χ1) is 16.1. The van der Waals surface area contributed by atoms with Gasteiger partial charge in [-0.05, 0) is 54.6 Å². The zero-order chi connectivity index (χ0) is 24.6. The van der Waals surface area contributed by atoms with Crippen molar-refractivity contribution in [1.82, 2.24) is 0 Å². The van der Waals surface area contributed by atoms with Gasteiger partial charge in [-0.25, -0.2) is 26.4 Å². The zero-order valence-electron chi connectivity index (χ0n) is 17.1. The van der Waals surface area contributed by atoms with E-state index in [-0.39, 0.29) is 35.8 Å². The van der Waals surface area contributed by atoms with E-state index < -0.39 is 49.8 Å². The predicted molar refractivity (Wildman–Crippen MR) is 114 cm³/mol. The zero-order valence-corrected chi connectivity index (χ0v) is 17.9. The topological polar surface area (TPSA) is 113 Å². The van der Waals surface area contributed by atoms with Gasteiger partial charge in [0.15, 0.2) is 0 Å². The number of sulfonamides is 1. The van der Waals surface area contributed by atoms with E-state index in [1.807, 2.05) is 0 Å². The van der Waals surface area contributed by atoms with Crippen LogP contribution >= 0.6 is 0 Å². The largest absolute Gasteiger partial charge is 0.489 e. The lowest BCUT2D eigenvalue weighted by molar-refractivity contribution is 0.0691. The van der Waals surface area contributed by atoms with Crippen molar-refractivity contribution in [3.8, 4) is 5.75 Å². The van der Waals surface area contributed by atoms with Crippen LogP contribution in [0, 0.1) is 17.5 Å². The molecule has 0 aromatic heterocycles. The Morgan fingerprint density at radius 2 is 1.74 bits per heavy atom. The molecule has 0 saturated carbocycles. The lowest BCUT2D eigenvalue weighted by Crippen LogP contribution is -2.38. The summed E-state index contributed by atoms with van der Waals surface area (Å²) in [7, 11) is -4.55. The van der Waals surface area contributed by atoms with Gasteiger partial charge in [-0.1, -0.05) is 0 Å². The van der Waals surface area contributed by atoms with Gasteiger partial charge in [0.2, 0.25) is 0 Å². The summed E-state index contributed by atoms with van der Waals surface area (Å²) in [5.74, 6) is -5.28. The molecule has 4 rings (SSSR count). The van der Waals surface area contributed by atoms with Crippen LogP contribution in [0.3, 0.4) is 0 Å². The fourth-order valence-corrected chi connectivity index (χ4v) is 4.88. The lowest BCUT2D eigenvalue weighted by Gasteiger charge is -2.30. The van der Waals surface area contributed by atoms with Crippen molar-refractivity contribution in [1.29, 1.82) is 0 Å². The number of hydrogen-bond donors (Lipinski definition) is 2. The Kier molecular flexibility index (Phi) is 5.92. The van der Waals surface area contributed by atoms with Crippen molar-refractivity contribution in [3.63, 3.8) is 0 Å². The Bertz CT molecular complexity index is 1430. The number of hydrogen-bond acceptors (Lipinski definition) is 5. The first-order valence-electron chi connectivity index (χ1n) is 9.67. The monoisotopic (exact) mass is 492 g/mol. The number of benzene rings is 3. The van der Waals surface area contributed by atoms with Crippen molar-refractivity contribution < 1.29 is 41.0 Å². The quantitative estimate of drug-likeness (QED) is 0.562. The van der Waals surface area contributed by atoms with Crippen LogP contribution < -0.4 is 14.4 Å². The van der Waals surface area contributed by atoms with Gasteiger partial charge in [0.25, 0.3) is 15.9 Å². The van der Waals surface area contributed by atoms with E-state index in [2.05, 4.69) is 5.32 Å². The predicted octanol–water partition coefficient (Wildman–Crippen LogP) is 3.64. The molecule has 0 spiro atoms. The molecule has 0 atom stereocenters. The second-order valence-electron chi connectivity index (χ2n) is 7.14. The van der Waals surface area contributed by atoms with Gasteiger partial charge in [0.1, 0.15) is 34.7 Å². The van der Waals surface area contributed by atoms with Gasteiger partial charge in [0.05, 0.1) is 17.8 Å². The Hall–Kier alpha value is -4.06. The molecule has 1 heterocycles. The summed E-state index contributed by atoms with van der Waals surface area (Å²) in [6, 6.07) is 8.89. The number of amides is 1. The van der Waals surface area contributed by atoms with Gasteiger partial charge in [0, 0.05) is 11.3 Å². The van der Waals surface area contributed by atoms with E-state index in [0.29, 0.717) is 12.1 Å². The van der Waals surface area contributed by atoms with Gasteiger partial charge in [-0.15, -0.1) is 0 Å². The van der Waals surface area contributed by atoms with Crippen LogP contribution in [0.5, 0.6) is 5.75 Å². The summed E-state index contributed by atoms with van der Waals surface area (Å²) < 4.78 is 74.2. The summed E-state index contributed by atoms with van der Waals surface area (Å²) in [6.45, 7) is -0.290. The Morgan fingerprint density at radius 1 is 0.971 bits per heavy atom. The fourth-order valence-electron chi connectivity index (χ4n) is 3.35. The first-order valence-corrected chi connectivity index (χ1v) is 11.1. The summed E-state index contributed by atoms with van der Waals surface area (Å²) >= 11 is 0. The molecule has 176 valence electrons. The highest BCUT2D eigenvalue weighted by Gasteiger charge is 2.33. The van der Waals surface area contributed by atoms with E-state index >= 15 is 0 Å². The maximum atomic E-state index is 14.2. The van der Waals surface area contributed by atoms with Crippen LogP contribution in [-0.4, -0.2) is 38.6 Å². The average molecular weight is 492 g/mol. The maximum Gasteiger partial charge on any atom is 0.338 e. The highest BCUT2D eigenvalue weighted by atomic mass is 32.2. The first kappa shape index (κ1) is 23.1. The van der Waals surface area contributed by atoms with Crippen LogP contribution in [0.1, 0.15) is 20.7 Å². The van der Waals surface area contributed by atoms with Crippen LogP contribution in [-0.2, 0) is 10.0 Å². The molecule has 0 saturated heterocycles. The number of carboxylic acid groups (broad SMARTS) is 1. The molecule has 0 unspecified atom stereocenters. The second-order valence-corrected chi connectivity index (χ2v) is 8.97. The number of nitrogens with one attached hydrogen (secondary N) is 1. The van der Waals surface area contributed by atoms with E-state index in [1.54, 1.807) is 0 Å². The Morgan fingerprint density at radius 3 is 2.44 bits per heavy atom. The molecule has 1 amide bonds. The number of ether oxygens (including phenoxy) is 1. The standard InChI is InChI=1S/C22H15F3N2O6S/c23-13-2-5-16(24)20(10-13)34(31,32)27-7-8-33-19-6-1-12(9-18(19)27)21(28)26-14-3-4-15(22(29)30)17(25)11-14/h1-6,9-11H,7-8H2,(H,26,28)(H,29,30). The smallest absolute Gasteiger partial charge is 0.338 e. The van der Waals surface area contributed by atoms with E-state index in [4.69, 9.17) is 9.84 Å². The number of nitrogens with zero attached hydrogens (tertiary/aromatic N) is 1. The van der Waals surface area contributed by atoms with Gasteiger partial charge in [-0.2, -0.15) is 0 Å². The molecule has 8 nitrogen and oxygen atoms in total. The SMILES string of the molecule is O=C(Nc1ccc(C(=O)O)c(F)c1)c1ccc2c(c1)N(S(=O)(=O)c1cc(F)ccc1F)CCO2. The number of anilines is 2. The highest BCUT2D eigenvalue weighted by molar-refractivity contribution is 7.92. The number of aromatic carboxylic acids is 1. The van der Waals surface area contributed by atoms with E-state index in [9.17, 15) is 31.2 Å². The minimum absolute atomic E-state index is 0.0345. The molecule has 3 aromatic rings. The molecule has 0 bridgehead atoms. The highest BCUT2D eigenvalue weighted by Crippen LogP contribution is 2.37. The van der Waals surface area contributed by atoms with Crippen molar-refractivity contribution in [3.05, 3.63) is 83.2 Å². The molecular weight excluding hydrogens is 477 g/mol. The number of carbonyl (C=O) groups is 2. The minimum Gasteiger partial charge on any atom is -0.489 e. The Balaban J connectivity index is 1.67. The third-order valence-electron chi connectivity index (χ3n) is 4.96. The second kappa shape index (κ2) is 8.71. The van der Waals surface area contributed by atoms with Crippen LogP contribution in [0.15, 0.2) is 59.5 Å². The number of carboxylic acids is 1.